The van der Waals surface area contributed by atoms with Crippen molar-refractivity contribution in [3.8, 4) is 55.6 Å². The second kappa shape index (κ2) is 10.5. The smallest absolute Gasteiger partial charge is 0.00137 e. The van der Waals surface area contributed by atoms with Crippen LogP contribution in [-0.4, -0.2) is 0 Å². The van der Waals surface area contributed by atoms with Crippen molar-refractivity contribution in [1.29, 1.82) is 0 Å². The zero-order chi connectivity index (χ0) is 32.8. The molecule has 0 unspecified atom stereocenters. The van der Waals surface area contributed by atoms with E-state index in [1.807, 2.05) is 0 Å². The van der Waals surface area contributed by atoms with Gasteiger partial charge in [-0.05, 0) is 152 Å². The summed E-state index contributed by atoms with van der Waals surface area (Å²) in [7, 11) is 0. The van der Waals surface area contributed by atoms with Gasteiger partial charge in [-0.1, -0.05) is 140 Å². The summed E-state index contributed by atoms with van der Waals surface area (Å²) < 4.78 is 0. The van der Waals surface area contributed by atoms with Crippen LogP contribution in [0.4, 0.5) is 0 Å². The van der Waals surface area contributed by atoms with Gasteiger partial charge in [0.1, 0.15) is 0 Å². The van der Waals surface area contributed by atoms with Crippen LogP contribution in [0.15, 0.2) is 182 Å². The third kappa shape index (κ3) is 4.12. The van der Waals surface area contributed by atoms with Crippen molar-refractivity contribution in [1.82, 2.24) is 0 Å². The summed E-state index contributed by atoms with van der Waals surface area (Å²) in [6, 6.07) is 67.6. The first-order valence-electron chi connectivity index (χ1n) is 17.4. The molecule has 1 aliphatic rings. The van der Waals surface area contributed by atoms with Crippen LogP contribution < -0.4 is 0 Å². The third-order valence-corrected chi connectivity index (χ3v) is 10.9. The average molecular weight is 631 g/mol. The van der Waals surface area contributed by atoms with Gasteiger partial charge < -0.3 is 0 Å². The molecule has 10 aromatic rings. The molecule has 0 saturated carbocycles. The van der Waals surface area contributed by atoms with Crippen molar-refractivity contribution in [3.63, 3.8) is 0 Å². The molecule has 0 heterocycles. The van der Waals surface area contributed by atoms with E-state index in [1.165, 1.54) is 109 Å². The van der Waals surface area contributed by atoms with E-state index in [0.29, 0.717) is 0 Å². The van der Waals surface area contributed by atoms with Crippen molar-refractivity contribution >= 4 is 53.9 Å². The van der Waals surface area contributed by atoms with Gasteiger partial charge in [-0.15, -0.1) is 0 Å². The number of hydrogen-bond donors (Lipinski definition) is 0. The Morgan fingerprint density at radius 1 is 0.200 bits per heavy atom. The van der Waals surface area contributed by atoms with Crippen LogP contribution in [-0.2, 0) is 0 Å². The Kier molecular flexibility index (Phi) is 5.76. The molecule has 0 aliphatic heterocycles. The van der Waals surface area contributed by atoms with Gasteiger partial charge in [0, 0.05) is 0 Å². The molecule has 0 N–H and O–H groups in total. The Balaban J connectivity index is 1.07. The van der Waals surface area contributed by atoms with Crippen LogP contribution >= 0.6 is 0 Å². The Bertz CT molecular complexity index is 3030. The Hall–Kier alpha value is -6.50. The molecule has 0 atom stereocenters. The highest BCUT2D eigenvalue weighted by molar-refractivity contribution is 6.28. The standard InChI is InChI=1S/C50H30/c1-2-9-33-24-38(19-16-31(33)8-1)34-13-7-14-35(25-34)39-20-17-32-18-21-41(27-42(32)26-39)44-22-23-45-46-28-36-10-3-4-11-37(36)29-47(46)48-30-40-12-5-6-15-43(40)49(44)50(45)48/h1-30H. The maximum atomic E-state index is 2.41. The number of hydrogen-bond acceptors (Lipinski definition) is 0. The van der Waals surface area contributed by atoms with Crippen molar-refractivity contribution in [2.45, 2.75) is 0 Å². The summed E-state index contributed by atoms with van der Waals surface area (Å²) in [5.74, 6) is 0. The van der Waals surface area contributed by atoms with Crippen LogP contribution in [0.1, 0.15) is 0 Å². The minimum absolute atomic E-state index is 1.23. The molecular weight excluding hydrogens is 601 g/mol. The lowest BCUT2D eigenvalue weighted by Gasteiger charge is -2.14. The van der Waals surface area contributed by atoms with Gasteiger partial charge in [-0.25, -0.2) is 0 Å². The van der Waals surface area contributed by atoms with Gasteiger partial charge in [-0.2, -0.15) is 0 Å². The SMILES string of the molecule is c1cc(-c2ccc3ccccc3c2)cc(-c2ccc3ccc(-c4ccc5c6c(cc7ccccc7c46)-c4cc6ccccc6cc4-5)cc3c2)c1. The second-order valence-corrected chi connectivity index (χ2v) is 13.7. The van der Waals surface area contributed by atoms with E-state index in [9.17, 15) is 0 Å². The Labute approximate surface area is 290 Å². The first-order chi connectivity index (χ1) is 24.7. The highest BCUT2D eigenvalue weighted by Crippen LogP contribution is 2.52. The van der Waals surface area contributed by atoms with Crippen LogP contribution in [0.25, 0.3) is 109 Å². The minimum atomic E-state index is 1.23. The lowest BCUT2D eigenvalue weighted by atomic mass is 9.89. The van der Waals surface area contributed by atoms with Gasteiger partial charge in [0.2, 0.25) is 0 Å². The van der Waals surface area contributed by atoms with E-state index in [0.717, 1.165) is 0 Å². The summed E-state index contributed by atoms with van der Waals surface area (Å²) in [6.07, 6.45) is 0. The van der Waals surface area contributed by atoms with Crippen molar-refractivity contribution < 1.29 is 0 Å². The lowest BCUT2D eigenvalue weighted by molar-refractivity contribution is 1.61. The molecule has 10 aromatic carbocycles. The zero-order valence-electron chi connectivity index (χ0n) is 27.3. The first kappa shape index (κ1) is 27.5. The normalized spacial score (nSPS) is 12.0. The predicted molar refractivity (Wildman–Crippen MR) is 215 cm³/mol. The van der Waals surface area contributed by atoms with Crippen molar-refractivity contribution in [2.75, 3.05) is 0 Å². The monoisotopic (exact) mass is 630 g/mol. The molecule has 11 rings (SSSR count). The lowest BCUT2D eigenvalue weighted by Crippen LogP contribution is -1.87. The number of benzene rings is 10. The summed E-state index contributed by atoms with van der Waals surface area (Å²) >= 11 is 0. The molecule has 0 heteroatoms. The largest absolute Gasteiger partial charge is 0.0616 e. The summed E-state index contributed by atoms with van der Waals surface area (Å²) in [5, 5.41) is 12.9. The van der Waals surface area contributed by atoms with Gasteiger partial charge in [0.05, 0.1) is 0 Å². The highest BCUT2D eigenvalue weighted by Gasteiger charge is 2.25. The minimum Gasteiger partial charge on any atom is -0.0616 e. The van der Waals surface area contributed by atoms with Gasteiger partial charge in [0.15, 0.2) is 0 Å². The molecule has 1 aliphatic carbocycles. The molecule has 0 amide bonds. The maximum Gasteiger partial charge on any atom is -0.00137 e. The van der Waals surface area contributed by atoms with E-state index >= 15 is 0 Å². The van der Waals surface area contributed by atoms with Crippen LogP contribution in [0, 0.1) is 0 Å². The van der Waals surface area contributed by atoms with Crippen LogP contribution in [0.3, 0.4) is 0 Å². The predicted octanol–water partition coefficient (Wildman–Crippen LogP) is 14.1. The molecule has 0 spiro atoms. The number of rotatable bonds is 3. The quantitative estimate of drug-likeness (QED) is 0.170. The van der Waals surface area contributed by atoms with Crippen molar-refractivity contribution in [3.05, 3.63) is 182 Å². The summed E-state index contributed by atoms with van der Waals surface area (Å²) in [4.78, 5) is 0. The Morgan fingerprint density at radius 2 is 0.680 bits per heavy atom. The van der Waals surface area contributed by atoms with Crippen molar-refractivity contribution in [2.24, 2.45) is 0 Å². The molecule has 0 radical (unpaired) electrons. The number of fused-ring (bicyclic) bond motifs is 8. The van der Waals surface area contributed by atoms with E-state index < -0.39 is 0 Å². The molecule has 0 fully saturated rings. The van der Waals surface area contributed by atoms with Crippen LogP contribution in [0.2, 0.25) is 0 Å². The average Bonchev–Trinajstić information content (AvgIpc) is 3.49. The van der Waals surface area contributed by atoms with Gasteiger partial charge in [0.25, 0.3) is 0 Å². The Morgan fingerprint density at radius 3 is 1.40 bits per heavy atom. The summed E-state index contributed by atoms with van der Waals surface area (Å²) in [6.45, 7) is 0. The first-order valence-corrected chi connectivity index (χ1v) is 17.4. The van der Waals surface area contributed by atoms with Crippen LogP contribution in [0.5, 0.6) is 0 Å². The van der Waals surface area contributed by atoms with E-state index in [2.05, 4.69) is 182 Å². The molecule has 0 bridgehead atoms. The topological polar surface area (TPSA) is 0 Å². The summed E-state index contributed by atoms with van der Waals surface area (Å²) in [5.41, 5.74) is 12.8. The molecule has 230 valence electrons. The molecule has 0 nitrogen and oxygen atoms in total. The zero-order valence-corrected chi connectivity index (χ0v) is 27.3. The molecule has 0 saturated heterocycles. The fourth-order valence-corrected chi connectivity index (χ4v) is 8.44. The molecule has 0 aromatic heterocycles. The molecular formula is C50H30. The maximum absolute atomic E-state index is 2.41. The third-order valence-electron chi connectivity index (χ3n) is 10.9. The molecule has 50 heavy (non-hydrogen) atoms. The highest BCUT2D eigenvalue weighted by atomic mass is 14.3. The van der Waals surface area contributed by atoms with E-state index in [4.69, 9.17) is 0 Å². The van der Waals surface area contributed by atoms with E-state index in [-0.39, 0.29) is 0 Å². The van der Waals surface area contributed by atoms with Gasteiger partial charge >= 0.3 is 0 Å². The fourth-order valence-electron chi connectivity index (χ4n) is 8.44. The second-order valence-electron chi connectivity index (χ2n) is 13.7. The van der Waals surface area contributed by atoms with E-state index in [1.54, 1.807) is 0 Å². The fraction of sp³-hybridized carbons (Fsp3) is 0. The van der Waals surface area contributed by atoms with Gasteiger partial charge in [-0.3, -0.25) is 0 Å².